The van der Waals surface area contributed by atoms with E-state index in [0.29, 0.717) is 28.0 Å². The summed E-state index contributed by atoms with van der Waals surface area (Å²) in [7, 11) is 0. The minimum atomic E-state index is -1.74. The molecule has 0 saturated carbocycles. The van der Waals surface area contributed by atoms with Gasteiger partial charge in [-0.15, -0.1) is 0 Å². The predicted molar refractivity (Wildman–Crippen MR) is 141 cm³/mol. The number of esters is 1. The molecule has 190 valence electrons. The van der Waals surface area contributed by atoms with Crippen molar-refractivity contribution in [1.82, 2.24) is 0 Å². The van der Waals surface area contributed by atoms with Crippen LogP contribution >= 0.6 is 11.6 Å². The van der Waals surface area contributed by atoms with Crippen LogP contribution < -0.4 is 10.4 Å². The van der Waals surface area contributed by atoms with Gasteiger partial charge in [-0.1, -0.05) is 49.7 Å². The van der Waals surface area contributed by atoms with Gasteiger partial charge < -0.3 is 19.4 Å². The fourth-order valence-corrected chi connectivity index (χ4v) is 5.37. The first-order chi connectivity index (χ1) is 17.6. The van der Waals surface area contributed by atoms with Crippen LogP contribution in [0.2, 0.25) is 5.02 Å². The molecule has 7 heteroatoms. The number of carbonyl (C=O) groups is 1. The van der Waals surface area contributed by atoms with Crippen molar-refractivity contribution in [2.45, 2.75) is 45.1 Å². The summed E-state index contributed by atoms with van der Waals surface area (Å²) in [6.45, 7) is 5.50. The average Bonchev–Trinajstić information content (AvgIpc) is 2.88. The molecular formula is C30H27ClO6. The van der Waals surface area contributed by atoms with Gasteiger partial charge in [0.25, 0.3) is 0 Å². The molecule has 3 aromatic carbocycles. The summed E-state index contributed by atoms with van der Waals surface area (Å²) in [6, 6.07) is 17.1. The molecule has 37 heavy (non-hydrogen) atoms. The van der Waals surface area contributed by atoms with Crippen LogP contribution in [0.25, 0.3) is 11.0 Å². The van der Waals surface area contributed by atoms with Crippen molar-refractivity contribution in [3.63, 3.8) is 0 Å². The SMILES string of the molecule is CCc1ccc2c(c1)C(C)(O)C(C(c1ccc(Cl)cc1)c1c(O)c3cc(CC)ccc3oc1=O)C(=O)O2. The van der Waals surface area contributed by atoms with E-state index in [-0.39, 0.29) is 22.6 Å². The number of hydrogen-bond donors (Lipinski definition) is 2. The standard InChI is InChI=1S/C30H27ClO6/c1-4-16-6-12-22-20(14-16)27(32)25(28(33)36-22)24(18-8-10-19(31)11-9-18)26-29(34)37-23-13-7-17(5-2)15-21(23)30(26,3)35/h6-15,24,26,32,35H,4-5H2,1-3H3. The Morgan fingerprint density at radius 3 is 2.30 bits per heavy atom. The second kappa shape index (κ2) is 9.36. The second-order valence-electron chi connectivity index (χ2n) is 9.60. The van der Waals surface area contributed by atoms with Gasteiger partial charge >= 0.3 is 11.6 Å². The van der Waals surface area contributed by atoms with Crippen LogP contribution in [0, 0.1) is 5.92 Å². The lowest BCUT2D eigenvalue weighted by atomic mass is 9.68. The highest BCUT2D eigenvalue weighted by Gasteiger charge is 2.52. The first kappa shape index (κ1) is 25.1. The van der Waals surface area contributed by atoms with E-state index in [2.05, 4.69) is 0 Å². The van der Waals surface area contributed by atoms with E-state index >= 15 is 0 Å². The highest BCUT2D eigenvalue weighted by atomic mass is 35.5. The highest BCUT2D eigenvalue weighted by Crippen LogP contribution is 2.50. The Hall–Kier alpha value is -3.61. The smallest absolute Gasteiger partial charge is 0.343 e. The molecule has 0 fully saturated rings. The Labute approximate surface area is 219 Å². The molecule has 2 heterocycles. The number of aliphatic hydroxyl groups is 1. The van der Waals surface area contributed by atoms with Crippen LogP contribution in [0.4, 0.5) is 0 Å². The van der Waals surface area contributed by atoms with Crippen molar-refractivity contribution in [2.24, 2.45) is 5.92 Å². The third kappa shape index (κ3) is 4.20. The topological polar surface area (TPSA) is 97.0 Å². The van der Waals surface area contributed by atoms with Gasteiger partial charge in [0.2, 0.25) is 0 Å². The summed E-state index contributed by atoms with van der Waals surface area (Å²) < 4.78 is 11.3. The van der Waals surface area contributed by atoms with E-state index in [9.17, 15) is 19.8 Å². The molecule has 0 radical (unpaired) electrons. The molecule has 3 unspecified atom stereocenters. The second-order valence-corrected chi connectivity index (χ2v) is 10.0. The van der Waals surface area contributed by atoms with E-state index in [1.807, 2.05) is 32.0 Å². The summed E-state index contributed by atoms with van der Waals surface area (Å²) in [4.78, 5) is 27.0. The van der Waals surface area contributed by atoms with Crippen molar-refractivity contribution in [2.75, 3.05) is 0 Å². The summed E-state index contributed by atoms with van der Waals surface area (Å²) >= 11 is 6.14. The zero-order valence-corrected chi connectivity index (χ0v) is 21.5. The molecule has 6 nitrogen and oxygen atoms in total. The first-order valence-corrected chi connectivity index (χ1v) is 12.6. The number of carbonyl (C=O) groups excluding carboxylic acids is 1. The molecule has 0 spiro atoms. The molecule has 1 aromatic heterocycles. The van der Waals surface area contributed by atoms with Gasteiger partial charge in [-0.05, 0) is 72.9 Å². The quantitative estimate of drug-likeness (QED) is 0.195. The lowest BCUT2D eigenvalue weighted by molar-refractivity contribution is -0.154. The zero-order chi connectivity index (χ0) is 26.5. The summed E-state index contributed by atoms with van der Waals surface area (Å²) in [5.41, 5.74) is 0.401. The average molecular weight is 519 g/mol. The number of aromatic hydroxyl groups is 1. The zero-order valence-electron chi connectivity index (χ0n) is 20.7. The summed E-state index contributed by atoms with van der Waals surface area (Å²) in [5.74, 6) is -3.11. The van der Waals surface area contributed by atoms with Gasteiger partial charge in [-0.25, -0.2) is 4.79 Å². The van der Waals surface area contributed by atoms with Gasteiger partial charge in [0.1, 0.15) is 28.6 Å². The molecule has 1 aliphatic heterocycles. The Bertz CT molecular complexity index is 1570. The van der Waals surface area contributed by atoms with Crippen LogP contribution in [0.15, 0.2) is 69.9 Å². The van der Waals surface area contributed by atoms with Gasteiger partial charge in [0.05, 0.1) is 10.9 Å². The first-order valence-electron chi connectivity index (χ1n) is 12.3. The Morgan fingerprint density at radius 2 is 1.62 bits per heavy atom. The van der Waals surface area contributed by atoms with E-state index in [4.69, 9.17) is 20.8 Å². The highest BCUT2D eigenvalue weighted by molar-refractivity contribution is 6.30. The molecule has 4 aromatic rings. The summed E-state index contributed by atoms with van der Waals surface area (Å²) in [6.07, 6.45) is 1.43. The van der Waals surface area contributed by atoms with E-state index in [1.54, 1.807) is 42.5 Å². The van der Waals surface area contributed by atoms with Crippen LogP contribution in [-0.2, 0) is 23.2 Å². The predicted octanol–water partition coefficient (Wildman–Crippen LogP) is 5.85. The van der Waals surface area contributed by atoms with E-state index in [0.717, 1.165) is 17.5 Å². The van der Waals surface area contributed by atoms with Gasteiger partial charge in [0.15, 0.2) is 0 Å². The molecule has 2 N–H and O–H groups in total. The fraction of sp³-hybridized carbons (Fsp3) is 0.267. The minimum Gasteiger partial charge on any atom is -0.507 e. The molecule has 1 aliphatic rings. The molecule has 5 rings (SSSR count). The number of benzene rings is 3. The number of aryl methyl sites for hydroxylation is 2. The Balaban J connectivity index is 1.80. The van der Waals surface area contributed by atoms with Crippen LogP contribution in [0.1, 0.15) is 54.5 Å². The number of rotatable bonds is 5. The van der Waals surface area contributed by atoms with Crippen molar-refractivity contribution < 1.29 is 24.2 Å². The maximum Gasteiger partial charge on any atom is 0.343 e. The normalized spacial score (nSPS) is 19.9. The lowest BCUT2D eigenvalue weighted by Gasteiger charge is -2.41. The number of fused-ring (bicyclic) bond motifs is 2. The molecule has 0 saturated heterocycles. The Morgan fingerprint density at radius 1 is 0.973 bits per heavy atom. The Kier molecular flexibility index (Phi) is 6.34. The maximum atomic E-state index is 13.5. The molecule has 0 aliphatic carbocycles. The van der Waals surface area contributed by atoms with Crippen molar-refractivity contribution in [3.8, 4) is 11.5 Å². The third-order valence-electron chi connectivity index (χ3n) is 7.33. The molecular weight excluding hydrogens is 492 g/mol. The van der Waals surface area contributed by atoms with Crippen molar-refractivity contribution in [3.05, 3.63) is 104 Å². The largest absolute Gasteiger partial charge is 0.507 e. The fourth-order valence-electron chi connectivity index (χ4n) is 5.25. The van der Waals surface area contributed by atoms with Gasteiger partial charge in [-0.3, -0.25) is 4.79 Å². The lowest BCUT2D eigenvalue weighted by Crippen LogP contribution is -2.47. The third-order valence-corrected chi connectivity index (χ3v) is 7.58. The minimum absolute atomic E-state index is 0.125. The number of ether oxygens (including phenoxy) is 1. The number of hydrogen-bond acceptors (Lipinski definition) is 6. The molecule has 0 bridgehead atoms. The monoisotopic (exact) mass is 518 g/mol. The van der Waals surface area contributed by atoms with Gasteiger partial charge in [0, 0.05) is 16.5 Å². The van der Waals surface area contributed by atoms with Crippen molar-refractivity contribution >= 4 is 28.5 Å². The number of halogens is 1. The summed E-state index contributed by atoms with van der Waals surface area (Å²) in [5, 5.41) is 24.3. The van der Waals surface area contributed by atoms with E-state index < -0.39 is 29.0 Å². The van der Waals surface area contributed by atoms with E-state index in [1.165, 1.54) is 6.92 Å². The molecule has 3 atom stereocenters. The van der Waals surface area contributed by atoms with Crippen LogP contribution in [0.5, 0.6) is 11.5 Å². The van der Waals surface area contributed by atoms with Crippen LogP contribution in [0.3, 0.4) is 0 Å². The van der Waals surface area contributed by atoms with Gasteiger partial charge in [-0.2, -0.15) is 0 Å². The maximum absolute atomic E-state index is 13.5. The molecule has 0 amide bonds. The van der Waals surface area contributed by atoms with Crippen LogP contribution in [-0.4, -0.2) is 16.2 Å². The van der Waals surface area contributed by atoms with Crippen molar-refractivity contribution in [1.29, 1.82) is 0 Å².